The van der Waals surface area contributed by atoms with Crippen molar-refractivity contribution in [3.63, 3.8) is 0 Å². The fourth-order valence-electron chi connectivity index (χ4n) is 2.94. The molecule has 0 heterocycles. The monoisotopic (exact) mass is 297 g/mol. The molecule has 5 heteroatoms. The van der Waals surface area contributed by atoms with Crippen molar-refractivity contribution < 1.29 is 13.5 Å². The molecule has 1 aromatic rings. The number of likely N-dealkylation sites (N-methyl/N-ethyl adjacent to an activating group) is 1. The highest BCUT2D eigenvalue weighted by Crippen LogP contribution is 2.28. The molecule has 0 spiro atoms. The second-order valence-corrected chi connectivity index (χ2v) is 7.68. The van der Waals surface area contributed by atoms with Gasteiger partial charge in [-0.25, -0.2) is 8.42 Å². The first kappa shape index (κ1) is 15.5. The predicted molar refractivity (Wildman–Crippen MR) is 79.1 cm³/mol. The summed E-state index contributed by atoms with van der Waals surface area (Å²) in [5, 5.41) is 10.1. The van der Waals surface area contributed by atoms with Gasteiger partial charge in [-0.1, -0.05) is 30.5 Å². The average Bonchev–Trinajstić information content (AvgIpc) is 2.38. The number of aliphatic hydroxyl groups excluding tert-OH is 1. The largest absolute Gasteiger partial charge is 0.391 e. The van der Waals surface area contributed by atoms with Gasteiger partial charge in [0, 0.05) is 7.05 Å². The molecule has 0 saturated heterocycles. The smallest absolute Gasteiger partial charge is 0.243 e. The lowest BCUT2D eigenvalue weighted by Crippen LogP contribution is -2.46. The van der Waals surface area contributed by atoms with Gasteiger partial charge in [0.1, 0.15) is 0 Å². The lowest BCUT2D eigenvalue weighted by molar-refractivity contribution is 0.0638. The molecule has 1 N–H and O–H groups in total. The summed E-state index contributed by atoms with van der Waals surface area (Å²) in [4.78, 5) is 0.336. The van der Waals surface area contributed by atoms with E-state index in [1.54, 1.807) is 13.1 Å². The van der Waals surface area contributed by atoms with E-state index in [9.17, 15) is 13.5 Å². The molecule has 0 radical (unpaired) electrons. The maximum atomic E-state index is 12.7. The third kappa shape index (κ3) is 2.90. The highest BCUT2D eigenvalue weighted by atomic mass is 32.2. The van der Waals surface area contributed by atoms with E-state index in [-0.39, 0.29) is 6.04 Å². The van der Waals surface area contributed by atoms with Crippen molar-refractivity contribution in [2.24, 2.45) is 0 Å². The third-order valence-corrected chi connectivity index (χ3v) is 6.19. The number of aryl methyl sites for hydroxylation is 2. The van der Waals surface area contributed by atoms with Crippen LogP contribution in [0.5, 0.6) is 0 Å². The van der Waals surface area contributed by atoms with Crippen LogP contribution < -0.4 is 0 Å². The maximum absolute atomic E-state index is 12.7. The number of nitrogens with zero attached hydrogens (tertiary/aromatic N) is 1. The Morgan fingerprint density at radius 1 is 1.20 bits per heavy atom. The van der Waals surface area contributed by atoms with Gasteiger partial charge in [0.2, 0.25) is 10.0 Å². The van der Waals surface area contributed by atoms with Crippen LogP contribution in [0.1, 0.15) is 36.8 Å². The molecular formula is C15H23NO3S. The molecule has 1 saturated carbocycles. The number of hydrogen-bond donors (Lipinski definition) is 1. The molecule has 1 aromatic carbocycles. The van der Waals surface area contributed by atoms with Gasteiger partial charge in [-0.05, 0) is 38.3 Å². The average molecular weight is 297 g/mol. The van der Waals surface area contributed by atoms with E-state index in [1.807, 2.05) is 26.0 Å². The van der Waals surface area contributed by atoms with Crippen LogP contribution in [0.2, 0.25) is 0 Å². The van der Waals surface area contributed by atoms with Crippen molar-refractivity contribution >= 4 is 10.0 Å². The minimum absolute atomic E-state index is 0.311. The van der Waals surface area contributed by atoms with Crippen molar-refractivity contribution in [3.05, 3.63) is 29.3 Å². The Labute approximate surface area is 121 Å². The Balaban J connectivity index is 2.33. The highest BCUT2D eigenvalue weighted by molar-refractivity contribution is 7.89. The quantitative estimate of drug-likeness (QED) is 0.930. The summed E-state index contributed by atoms with van der Waals surface area (Å²) in [6.07, 6.45) is 2.78. The Morgan fingerprint density at radius 3 is 2.45 bits per heavy atom. The van der Waals surface area contributed by atoms with Crippen LogP contribution in [0.25, 0.3) is 0 Å². The van der Waals surface area contributed by atoms with Gasteiger partial charge < -0.3 is 5.11 Å². The maximum Gasteiger partial charge on any atom is 0.243 e. The van der Waals surface area contributed by atoms with E-state index >= 15 is 0 Å². The summed E-state index contributed by atoms with van der Waals surface area (Å²) in [5.74, 6) is 0. The van der Waals surface area contributed by atoms with Crippen molar-refractivity contribution in [2.75, 3.05) is 7.05 Å². The van der Waals surface area contributed by atoms with Crippen LogP contribution >= 0.6 is 0 Å². The third-order valence-electron chi connectivity index (χ3n) is 4.15. The summed E-state index contributed by atoms with van der Waals surface area (Å²) in [6.45, 7) is 3.75. The zero-order chi connectivity index (χ0) is 14.9. The predicted octanol–water partition coefficient (Wildman–Crippen LogP) is 2.23. The molecule has 0 amide bonds. The van der Waals surface area contributed by atoms with E-state index in [4.69, 9.17) is 0 Å². The number of rotatable bonds is 3. The second-order valence-electron chi connectivity index (χ2n) is 5.71. The first-order valence-corrected chi connectivity index (χ1v) is 8.51. The molecule has 1 fully saturated rings. The lowest BCUT2D eigenvalue weighted by atomic mass is 9.93. The Kier molecular flexibility index (Phi) is 4.52. The van der Waals surface area contributed by atoms with Crippen LogP contribution in [-0.2, 0) is 10.0 Å². The summed E-state index contributed by atoms with van der Waals surface area (Å²) >= 11 is 0. The summed E-state index contributed by atoms with van der Waals surface area (Å²) < 4.78 is 26.8. The molecule has 0 aliphatic heterocycles. The molecular weight excluding hydrogens is 274 g/mol. The van der Waals surface area contributed by atoms with E-state index in [1.165, 1.54) is 4.31 Å². The van der Waals surface area contributed by atoms with E-state index in [0.717, 1.165) is 30.4 Å². The number of benzene rings is 1. The SMILES string of the molecule is Cc1ccc(S(=O)(=O)N(C)C2CCCCC2O)c(C)c1. The Morgan fingerprint density at radius 2 is 1.85 bits per heavy atom. The van der Waals surface area contributed by atoms with Gasteiger partial charge in [-0.15, -0.1) is 0 Å². The van der Waals surface area contributed by atoms with E-state index < -0.39 is 16.1 Å². The molecule has 4 nitrogen and oxygen atoms in total. The number of sulfonamides is 1. The van der Waals surface area contributed by atoms with Crippen LogP contribution in [0, 0.1) is 13.8 Å². The van der Waals surface area contributed by atoms with Gasteiger partial charge in [-0.3, -0.25) is 0 Å². The van der Waals surface area contributed by atoms with Crippen molar-refractivity contribution in [3.8, 4) is 0 Å². The van der Waals surface area contributed by atoms with Gasteiger partial charge in [0.05, 0.1) is 17.0 Å². The second kappa shape index (κ2) is 5.84. The zero-order valence-corrected chi connectivity index (χ0v) is 13.2. The van der Waals surface area contributed by atoms with Gasteiger partial charge in [0.15, 0.2) is 0 Å². The summed E-state index contributed by atoms with van der Waals surface area (Å²) in [7, 11) is -1.97. The minimum atomic E-state index is -3.55. The molecule has 1 aliphatic carbocycles. The number of hydrogen-bond acceptors (Lipinski definition) is 3. The zero-order valence-electron chi connectivity index (χ0n) is 12.3. The van der Waals surface area contributed by atoms with Gasteiger partial charge in [-0.2, -0.15) is 4.31 Å². The highest BCUT2D eigenvalue weighted by Gasteiger charge is 2.34. The molecule has 2 unspecified atom stereocenters. The van der Waals surface area contributed by atoms with Gasteiger partial charge in [0.25, 0.3) is 0 Å². The van der Waals surface area contributed by atoms with Crippen LogP contribution in [0.15, 0.2) is 23.1 Å². The minimum Gasteiger partial charge on any atom is -0.391 e. The van der Waals surface area contributed by atoms with E-state index in [0.29, 0.717) is 11.3 Å². The molecule has 0 aromatic heterocycles. The lowest BCUT2D eigenvalue weighted by Gasteiger charge is -2.34. The van der Waals surface area contributed by atoms with Crippen molar-refractivity contribution in [1.82, 2.24) is 4.31 Å². The summed E-state index contributed by atoms with van der Waals surface area (Å²) in [6, 6.07) is 5.03. The Hall–Kier alpha value is -0.910. The normalized spacial score (nSPS) is 24.1. The molecule has 0 bridgehead atoms. The number of aliphatic hydroxyl groups is 1. The van der Waals surface area contributed by atoms with Crippen molar-refractivity contribution in [1.29, 1.82) is 0 Å². The first-order valence-electron chi connectivity index (χ1n) is 7.07. The van der Waals surface area contributed by atoms with Crippen LogP contribution in [0.4, 0.5) is 0 Å². The topological polar surface area (TPSA) is 57.6 Å². The molecule has 2 atom stereocenters. The van der Waals surface area contributed by atoms with Crippen LogP contribution in [-0.4, -0.2) is 37.0 Å². The van der Waals surface area contributed by atoms with Gasteiger partial charge >= 0.3 is 0 Å². The first-order chi connectivity index (χ1) is 9.34. The summed E-state index contributed by atoms with van der Waals surface area (Å²) in [5.41, 5.74) is 1.80. The van der Waals surface area contributed by atoms with E-state index in [2.05, 4.69) is 0 Å². The molecule has 1 aliphatic rings. The fourth-order valence-corrected chi connectivity index (χ4v) is 4.56. The molecule has 20 heavy (non-hydrogen) atoms. The molecule has 2 rings (SSSR count). The Bertz CT molecular complexity index is 583. The standard InChI is InChI=1S/C15H23NO3S/c1-11-8-9-15(12(2)10-11)20(18,19)16(3)13-6-4-5-7-14(13)17/h8-10,13-14,17H,4-7H2,1-3H3. The fraction of sp³-hybridized carbons (Fsp3) is 0.600. The van der Waals surface area contributed by atoms with Crippen LogP contribution in [0.3, 0.4) is 0 Å². The van der Waals surface area contributed by atoms with Crippen molar-refractivity contribution in [2.45, 2.75) is 56.6 Å². The molecule has 112 valence electrons.